The largest absolute Gasteiger partial charge is 0.492 e. The molecule has 0 saturated heterocycles. The smallest absolute Gasteiger partial charge is 0.251 e. The summed E-state index contributed by atoms with van der Waals surface area (Å²) in [7, 11) is 3.70. The molecule has 8 nitrogen and oxygen atoms in total. The van der Waals surface area contributed by atoms with E-state index in [2.05, 4.69) is 22.6 Å². The summed E-state index contributed by atoms with van der Waals surface area (Å²) in [4.78, 5) is 26.3. The van der Waals surface area contributed by atoms with Gasteiger partial charge in [-0.05, 0) is 37.2 Å². The monoisotopic (exact) mass is 491 g/mol. The zero-order chi connectivity index (χ0) is 21.3. The van der Waals surface area contributed by atoms with Gasteiger partial charge in [-0.15, -0.1) is 17.0 Å². The number of fused-ring (bicyclic) bond motifs is 2. The number of carbonyl (C=O) groups excluding carboxylic acids is 2. The number of halogens is 1. The average molecular weight is 492 g/mol. The number of amides is 2. The molecule has 0 radical (unpaired) electrons. The van der Waals surface area contributed by atoms with Crippen molar-refractivity contribution in [3.63, 3.8) is 0 Å². The minimum Gasteiger partial charge on any atom is -0.492 e. The predicted molar refractivity (Wildman–Crippen MR) is 121 cm³/mol. The van der Waals surface area contributed by atoms with Crippen LogP contribution in [0.5, 0.6) is 17.2 Å². The first-order valence-corrected chi connectivity index (χ1v) is 9.82. The van der Waals surface area contributed by atoms with Crippen molar-refractivity contribution in [1.82, 2.24) is 10.2 Å². The van der Waals surface area contributed by atoms with E-state index < -0.39 is 0 Å². The fourth-order valence-electron chi connectivity index (χ4n) is 4.00. The molecule has 0 spiro atoms. The molecule has 0 aromatic heterocycles. The molecule has 0 aliphatic carbocycles. The Bertz CT molecular complexity index is 1010. The highest BCUT2D eigenvalue weighted by Gasteiger charge is 2.32. The first-order chi connectivity index (χ1) is 14.5. The van der Waals surface area contributed by atoms with Crippen LogP contribution in [0.15, 0.2) is 24.3 Å². The third-order valence-corrected chi connectivity index (χ3v) is 5.34. The van der Waals surface area contributed by atoms with Crippen molar-refractivity contribution in [3.8, 4) is 17.2 Å². The van der Waals surface area contributed by atoms with Crippen molar-refractivity contribution in [2.24, 2.45) is 0 Å². The lowest BCUT2D eigenvalue weighted by Gasteiger charge is -2.29. The second-order valence-corrected chi connectivity index (χ2v) is 7.47. The normalized spacial score (nSPS) is 14.3. The van der Waals surface area contributed by atoms with Crippen LogP contribution >= 0.6 is 17.0 Å². The van der Waals surface area contributed by atoms with Crippen LogP contribution < -0.4 is 24.8 Å². The van der Waals surface area contributed by atoms with E-state index in [1.165, 1.54) is 6.92 Å². The number of carbonyl (C=O) groups is 2. The molecule has 0 saturated carbocycles. The summed E-state index contributed by atoms with van der Waals surface area (Å²) >= 11 is 0. The highest BCUT2D eigenvalue weighted by atomic mass is 79.9. The van der Waals surface area contributed by atoms with Gasteiger partial charge in [-0.2, -0.15) is 0 Å². The number of benzene rings is 2. The van der Waals surface area contributed by atoms with Gasteiger partial charge in [-0.25, -0.2) is 0 Å². The molecule has 2 N–H and O–H groups in total. The van der Waals surface area contributed by atoms with E-state index in [9.17, 15) is 9.59 Å². The molecule has 0 fully saturated rings. The number of nitrogens with zero attached hydrogens (tertiary/aromatic N) is 1. The van der Waals surface area contributed by atoms with Crippen LogP contribution in [0.4, 0.5) is 5.69 Å². The quantitative estimate of drug-likeness (QED) is 0.668. The molecule has 0 bridgehead atoms. The Morgan fingerprint density at radius 1 is 1.19 bits per heavy atom. The number of anilines is 1. The summed E-state index contributed by atoms with van der Waals surface area (Å²) in [5, 5.41) is 5.67. The molecule has 0 atom stereocenters. The minimum atomic E-state index is -0.229. The first kappa shape index (κ1) is 22.9. The number of rotatable bonds is 5. The van der Waals surface area contributed by atoms with Gasteiger partial charge in [-0.3, -0.25) is 9.59 Å². The maximum atomic E-state index is 12.8. The van der Waals surface area contributed by atoms with Crippen molar-refractivity contribution in [2.75, 3.05) is 32.8 Å². The van der Waals surface area contributed by atoms with E-state index in [0.717, 1.165) is 36.2 Å². The summed E-state index contributed by atoms with van der Waals surface area (Å²) < 4.78 is 17.1. The number of methoxy groups -OCH3 is 1. The molecule has 2 aliphatic heterocycles. The number of likely N-dealkylation sites (N-methyl/N-ethyl adjacent to an activating group) is 1. The Hall–Kier alpha value is -2.78. The third-order valence-electron chi connectivity index (χ3n) is 5.34. The van der Waals surface area contributed by atoms with Gasteiger partial charge in [0.1, 0.15) is 0 Å². The van der Waals surface area contributed by atoms with Gasteiger partial charge in [-0.1, -0.05) is 6.07 Å². The van der Waals surface area contributed by atoms with Gasteiger partial charge in [0.15, 0.2) is 11.5 Å². The second-order valence-electron chi connectivity index (χ2n) is 7.47. The lowest BCUT2D eigenvalue weighted by atomic mass is 9.92. The molecule has 9 heteroatoms. The fraction of sp³-hybridized carbons (Fsp3) is 0.364. The van der Waals surface area contributed by atoms with Crippen molar-refractivity contribution >= 4 is 34.5 Å². The SMILES string of the molecule is Br.COc1c2c(c(CNC(=O)c3cccc(NC(C)=O)c3)c3c1OCO3)CCN(C)C2. The van der Waals surface area contributed by atoms with E-state index in [1.807, 2.05) is 0 Å². The van der Waals surface area contributed by atoms with Gasteiger partial charge in [0.2, 0.25) is 18.4 Å². The summed E-state index contributed by atoms with van der Waals surface area (Å²) in [5.74, 6) is 1.54. The minimum absolute atomic E-state index is 0. The Morgan fingerprint density at radius 3 is 2.71 bits per heavy atom. The maximum Gasteiger partial charge on any atom is 0.251 e. The van der Waals surface area contributed by atoms with Crippen molar-refractivity contribution < 1.29 is 23.8 Å². The molecule has 2 aromatic carbocycles. The molecule has 2 aliphatic rings. The highest BCUT2D eigenvalue weighted by molar-refractivity contribution is 8.93. The van der Waals surface area contributed by atoms with Crippen LogP contribution in [-0.2, 0) is 24.3 Å². The lowest BCUT2D eigenvalue weighted by molar-refractivity contribution is -0.114. The van der Waals surface area contributed by atoms with Gasteiger partial charge >= 0.3 is 0 Å². The van der Waals surface area contributed by atoms with Crippen molar-refractivity contribution in [3.05, 3.63) is 46.5 Å². The topological polar surface area (TPSA) is 89.1 Å². The first-order valence-electron chi connectivity index (χ1n) is 9.82. The summed E-state index contributed by atoms with van der Waals surface area (Å²) in [6.07, 6.45) is 0.835. The Balaban J connectivity index is 0.00000272. The Labute approximate surface area is 191 Å². The summed E-state index contributed by atoms with van der Waals surface area (Å²) in [6.45, 7) is 3.53. The van der Waals surface area contributed by atoms with Crippen LogP contribution in [-0.4, -0.2) is 44.2 Å². The number of hydrogen-bond donors (Lipinski definition) is 2. The van der Waals surface area contributed by atoms with Crippen LogP contribution in [0.25, 0.3) is 0 Å². The Morgan fingerprint density at radius 2 is 1.97 bits per heavy atom. The standard InChI is InChI=1S/C22H25N3O5.BrH/c1-13(26)24-15-6-4-5-14(9-15)22(27)23-10-17-16-7-8-25(2)11-18(16)19(28-3)21-20(17)29-12-30-21;/h4-6,9H,7-8,10-12H2,1-3H3,(H,23,27)(H,24,26);1H. The van der Waals surface area contributed by atoms with Crippen molar-refractivity contribution in [1.29, 1.82) is 0 Å². The van der Waals surface area contributed by atoms with Gasteiger partial charge in [0, 0.05) is 48.9 Å². The van der Waals surface area contributed by atoms with Gasteiger partial charge in [0.25, 0.3) is 5.91 Å². The highest BCUT2D eigenvalue weighted by Crippen LogP contribution is 2.49. The molecule has 166 valence electrons. The second kappa shape index (κ2) is 9.57. The number of ether oxygens (including phenoxy) is 3. The maximum absolute atomic E-state index is 12.8. The zero-order valence-corrected chi connectivity index (χ0v) is 19.5. The molecular formula is C22H26BrN3O5. The molecular weight excluding hydrogens is 466 g/mol. The van der Waals surface area contributed by atoms with E-state index in [4.69, 9.17) is 14.2 Å². The lowest BCUT2D eigenvalue weighted by Crippen LogP contribution is -2.30. The van der Waals surface area contributed by atoms with Crippen LogP contribution in [0.1, 0.15) is 34.0 Å². The summed E-state index contributed by atoms with van der Waals surface area (Å²) in [5.41, 5.74) is 4.20. The third kappa shape index (κ3) is 4.62. The predicted octanol–water partition coefficient (Wildman–Crippen LogP) is 2.88. The molecule has 2 aromatic rings. The molecule has 2 heterocycles. The summed E-state index contributed by atoms with van der Waals surface area (Å²) in [6, 6.07) is 6.84. The van der Waals surface area contributed by atoms with E-state index in [1.54, 1.807) is 31.4 Å². The van der Waals surface area contributed by atoms with Gasteiger partial charge < -0.3 is 29.7 Å². The zero-order valence-electron chi connectivity index (χ0n) is 17.7. The fourth-order valence-corrected chi connectivity index (χ4v) is 4.00. The van der Waals surface area contributed by atoms with Crippen LogP contribution in [0, 0.1) is 0 Å². The van der Waals surface area contributed by atoms with Crippen LogP contribution in [0.3, 0.4) is 0 Å². The molecule has 2 amide bonds. The van der Waals surface area contributed by atoms with Crippen molar-refractivity contribution in [2.45, 2.75) is 26.4 Å². The van der Waals surface area contributed by atoms with Gasteiger partial charge in [0.05, 0.1) is 7.11 Å². The molecule has 31 heavy (non-hydrogen) atoms. The van der Waals surface area contributed by atoms with E-state index in [-0.39, 0.29) is 35.6 Å². The number of nitrogens with one attached hydrogen (secondary N) is 2. The Kier molecular flexibility index (Phi) is 7.07. The van der Waals surface area contributed by atoms with Crippen LogP contribution in [0.2, 0.25) is 0 Å². The molecule has 0 unspecified atom stereocenters. The number of hydrogen-bond acceptors (Lipinski definition) is 6. The van der Waals surface area contributed by atoms with E-state index >= 15 is 0 Å². The average Bonchev–Trinajstić information content (AvgIpc) is 3.20. The van der Waals surface area contributed by atoms with E-state index in [0.29, 0.717) is 35.0 Å². The molecule has 4 rings (SSSR count).